The summed E-state index contributed by atoms with van der Waals surface area (Å²) in [4.78, 5) is 0. The summed E-state index contributed by atoms with van der Waals surface area (Å²) in [6.45, 7) is 6.53. The van der Waals surface area contributed by atoms with Gasteiger partial charge in [0.05, 0.1) is 6.10 Å². The molecular formula is C11H24O. The molecule has 0 rings (SSSR count). The molecule has 12 heavy (non-hydrogen) atoms. The molecule has 0 unspecified atom stereocenters. The molecule has 0 bridgehead atoms. The molecule has 74 valence electrons. The molecule has 1 N–H and O–H groups in total. The molecule has 2 atom stereocenters. The molecule has 0 aromatic heterocycles. The van der Waals surface area contributed by atoms with E-state index in [1.165, 1.54) is 25.7 Å². The third-order valence-electron chi connectivity index (χ3n) is 2.50. The van der Waals surface area contributed by atoms with Gasteiger partial charge in [0.15, 0.2) is 0 Å². The van der Waals surface area contributed by atoms with E-state index in [0.29, 0.717) is 5.92 Å². The van der Waals surface area contributed by atoms with Crippen molar-refractivity contribution >= 4 is 0 Å². The number of hydrogen-bond acceptors (Lipinski definition) is 1. The van der Waals surface area contributed by atoms with Crippen molar-refractivity contribution in [2.75, 3.05) is 0 Å². The summed E-state index contributed by atoms with van der Waals surface area (Å²) in [6, 6.07) is 0. The van der Waals surface area contributed by atoms with E-state index in [1.54, 1.807) is 0 Å². The van der Waals surface area contributed by atoms with Gasteiger partial charge in [0.25, 0.3) is 0 Å². The Kier molecular flexibility index (Phi) is 7.58. The molecule has 0 radical (unpaired) electrons. The Morgan fingerprint density at radius 1 is 1.00 bits per heavy atom. The summed E-state index contributed by atoms with van der Waals surface area (Å²) in [5.74, 6) is 0.492. The van der Waals surface area contributed by atoms with Crippen LogP contribution >= 0.6 is 0 Å². The summed E-state index contributed by atoms with van der Waals surface area (Å²) >= 11 is 0. The van der Waals surface area contributed by atoms with Crippen LogP contribution in [0.1, 0.15) is 59.3 Å². The van der Waals surface area contributed by atoms with Gasteiger partial charge in [-0.05, 0) is 18.8 Å². The van der Waals surface area contributed by atoms with E-state index >= 15 is 0 Å². The van der Waals surface area contributed by atoms with Crippen LogP contribution in [-0.4, -0.2) is 11.2 Å². The number of aliphatic hydroxyl groups is 1. The summed E-state index contributed by atoms with van der Waals surface area (Å²) in [7, 11) is 0. The van der Waals surface area contributed by atoms with Crippen molar-refractivity contribution in [3.8, 4) is 0 Å². The second-order valence-electron chi connectivity index (χ2n) is 3.83. The first-order valence-corrected chi connectivity index (χ1v) is 5.40. The molecular weight excluding hydrogens is 148 g/mol. The SMILES string of the molecule is CCCCC[C@@H](O)[C@@H](C)CCC. The molecule has 0 aliphatic heterocycles. The van der Waals surface area contributed by atoms with E-state index in [9.17, 15) is 5.11 Å². The molecule has 0 aromatic carbocycles. The highest BCUT2D eigenvalue weighted by Gasteiger charge is 2.11. The van der Waals surface area contributed by atoms with Crippen LogP contribution in [0.25, 0.3) is 0 Å². The van der Waals surface area contributed by atoms with Crippen LogP contribution in [0.2, 0.25) is 0 Å². The van der Waals surface area contributed by atoms with Crippen molar-refractivity contribution < 1.29 is 5.11 Å². The van der Waals surface area contributed by atoms with Gasteiger partial charge in [-0.2, -0.15) is 0 Å². The third kappa shape index (κ3) is 5.59. The summed E-state index contributed by atoms with van der Waals surface area (Å²) in [5.41, 5.74) is 0. The standard InChI is InChI=1S/C11H24O/c1-4-6-7-9-11(12)10(3)8-5-2/h10-12H,4-9H2,1-3H3/t10-,11+/m0/s1. The number of rotatable bonds is 7. The zero-order chi connectivity index (χ0) is 9.40. The fraction of sp³-hybridized carbons (Fsp3) is 1.00. The quantitative estimate of drug-likeness (QED) is 0.584. The van der Waals surface area contributed by atoms with E-state index in [4.69, 9.17) is 0 Å². The maximum absolute atomic E-state index is 9.68. The fourth-order valence-electron chi connectivity index (χ4n) is 1.54. The van der Waals surface area contributed by atoms with Gasteiger partial charge in [0.2, 0.25) is 0 Å². The normalized spacial score (nSPS) is 16.0. The van der Waals surface area contributed by atoms with Gasteiger partial charge in [-0.3, -0.25) is 0 Å². The molecule has 0 saturated heterocycles. The first kappa shape index (κ1) is 12.0. The van der Waals surface area contributed by atoms with Gasteiger partial charge < -0.3 is 5.11 Å². The minimum absolute atomic E-state index is 0.0588. The third-order valence-corrected chi connectivity index (χ3v) is 2.50. The van der Waals surface area contributed by atoms with Gasteiger partial charge in [0.1, 0.15) is 0 Å². The van der Waals surface area contributed by atoms with Crippen molar-refractivity contribution in [2.45, 2.75) is 65.4 Å². The topological polar surface area (TPSA) is 20.2 Å². The molecule has 0 heterocycles. The van der Waals surface area contributed by atoms with Crippen LogP contribution in [-0.2, 0) is 0 Å². The lowest BCUT2D eigenvalue weighted by Crippen LogP contribution is -2.17. The van der Waals surface area contributed by atoms with Crippen LogP contribution in [0.15, 0.2) is 0 Å². The van der Waals surface area contributed by atoms with Crippen LogP contribution in [0.4, 0.5) is 0 Å². The second-order valence-corrected chi connectivity index (χ2v) is 3.83. The number of hydrogen-bond donors (Lipinski definition) is 1. The van der Waals surface area contributed by atoms with Gasteiger partial charge >= 0.3 is 0 Å². The molecule has 0 saturated carbocycles. The molecule has 1 heteroatoms. The maximum Gasteiger partial charge on any atom is 0.0565 e. The lowest BCUT2D eigenvalue weighted by Gasteiger charge is -2.17. The predicted molar refractivity (Wildman–Crippen MR) is 54.2 cm³/mol. The Morgan fingerprint density at radius 3 is 2.17 bits per heavy atom. The predicted octanol–water partition coefficient (Wildman–Crippen LogP) is 3.36. The van der Waals surface area contributed by atoms with Crippen LogP contribution < -0.4 is 0 Å². The van der Waals surface area contributed by atoms with E-state index in [2.05, 4.69) is 20.8 Å². The minimum Gasteiger partial charge on any atom is -0.393 e. The smallest absolute Gasteiger partial charge is 0.0565 e. The van der Waals surface area contributed by atoms with Crippen LogP contribution in [0.3, 0.4) is 0 Å². The molecule has 0 fully saturated rings. The number of unbranched alkanes of at least 4 members (excludes halogenated alkanes) is 2. The van der Waals surface area contributed by atoms with Gasteiger partial charge in [-0.1, -0.05) is 46.5 Å². The molecule has 0 aliphatic rings. The minimum atomic E-state index is -0.0588. The highest BCUT2D eigenvalue weighted by Crippen LogP contribution is 2.15. The summed E-state index contributed by atoms with van der Waals surface area (Å²) < 4.78 is 0. The first-order chi connectivity index (χ1) is 5.72. The largest absolute Gasteiger partial charge is 0.393 e. The second kappa shape index (κ2) is 7.60. The molecule has 0 amide bonds. The van der Waals surface area contributed by atoms with E-state index in [1.807, 2.05) is 0 Å². The van der Waals surface area contributed by atoms with Crippen molar-refractivity contribution in [1.82, 2.24) is 0 Å². The lowest BCUT2D eigenvalue weighted by molar-refractivity contribution is 0.0998. The van der Waals surface area contributed by atoms with E-state index in [0.717, 1.165) is 12.8 Å². The maximum atomic E-state index is 9.68. The van der Waals surface area contributed by atoms with E-state index in [-0.39, 0.29) is 6.10 Å². The van der Waals surface area contributed by atoms with Gasteiger partial charge in [0, 0.05) is 0 Å². The Morgan fingerprint density at radius 2 is 1.67 bits per heavy atom. The summed E-state index contributed by atoms with van der Waals surface area (Å²) in [5, 5.41) is 9.68. The monoisotopic (exact) mass is 172 g/mol. The summed E-state index contributed by atoms with van der Waals surface area (Å²) in [6.07, 6.45) is 6.97. The zero-order valence-corrected chi connectivity index (χ0v) is 8.84. The number of aliphatic hydroxyl groups excluding tert-OH is 1. The van der Waals surface area contributed by atoms with Crippen LogP contribution in [0.5, 0.6) is 0 Å². The Bertz CT molecular complexity index is 91.0. The Balaban J connectivity index is 3.35. The molecule has 1 nitrogen and oxygen atoms in total. The average molecular weight is 172 g/mol. The highest BCUT2D eigenvalue weighted by atomic mass is 16.3. The fourth-order valence-corrected chi connectivity index (χ4v) is 1.54. The van der Waals surface area contributed by atoms with Crippen LogP contribution in [0, 0.1) is 5.92 Å². The van der Waals surface area contributed by atoms with Gasteiger partial charge in [-0.15, -0.1) is 0 Å². The molecule has 0 aliphatic carbocycles. The molecule has 0 spiro atoms. The first-order valence-electron chi connectivity index (χ1n) is 5.40. The highest BCUT2D eigenvalue weighted by molar-refractivity contribution is 4.63. The van der Waals surface area contributed by atoms with Crippen molar-refractivity contribution in [2.24, 2.45) is 5.92 Å². The average Bonchev–Trinajstić information content (AvgIpc) is 2.05. The Hall–Kier alpha value is -0.0400. The van der Waals surface area contributed by atoms with Crippen molar-refractivity contribution in [1.29, 1.82) is 0 Å². The van der Waals surface area contributed by atoms with E-state index < -0.39 is 0 Å². The Labute approximate surface area is 77.2 Å². The van der Waals surface area contributed by atoms with Crippen molar-refractivity contribution in [3.63, 3.8) is 0 Å². The molecule has 0 aromatic rings. The lowest BCUT2D eigenvalue weighted by atomic mass is 9.95. The zero-order valence-electron chi connectivity index (χ0n) is 8.84. The van der Waals surface area contributed by atoms with Crippen molar-refractivity contribution in [3.05, 3.63) is 0 Å². The van der Waals surface area contributed by atoms with Gasteiger partial charge in [-0.25, -0.2) is 0 Å².